The van der Waals surface area contributed by atoms with Crippen LogP contribution in [0.3, 0.4) is 0 Å². The Hall–Kier alpha value is -3.93. The van der Waals surface area contributed by atoms with Crippen molar-refractivity contribution >= 4 is 51.9 Å². The summed E-state index contributed by atoms with van der Waals surface area (Å²) >= 11 is 6.81. The van der Waals surface area contributed by atoms with Gasteiger partial charge in [-0.3, -0.25) is 14.6 Å². The van der Waals surface area contributed by atoms with E-state index < -0.39 is 5.97 Å². The summed E-state index contributed by atoms with van der Waals surface area (Å²) < 4.78 is 0.523. The van der Waals surface area contributed by atoms with Gasteiger partial charge in [0.05, 0.1) is 16.3 Å². The van der Waals surface area contributed by atoms with Crippen LogP contribution >= 0.6 is 24.0 Å². The van der Waals surface area contributed by atoms with Gasteiger partial charge < -0.3 is 20.2 Å². The number of thiocarbonyl (C=S) groups is 1. The van der Waals surface area contributed by atoms with Gasteiger partial charge in [-0.05, 0) is 67.4 Å². The van der Waals surface area contributed by atoms with Crippen molar-refractivity contribution in [3.63, 3.8) is 0 Å². The van der Waals surface area contributed by atoms with Crippen LogP contribution in [0, 0.1) is 13.8 Å². The van der Waals surface area contributed by atoms with Crippen molar-refractivity contribution in [3.05, 3.63) is 75.8 Å². The Balaban J connectivity index is 1.19. The van der Waals surface area contributed by atoms with E-state index in [1.54, 1.807) is 17.0 Å². The molecule has 212 valence electrons. The van der Waals surface area contributed by atoms with Gasteiger partial charge in [-0.15, -0.1) is 0 Å². The lowest BCUT2D eigenvalue weighted by Crippen LogP contribution is -2.48. The van der Waals surface area contributed by atoms with Crippen LogP contribution in [0.15, 0.2) is 53.4 Å². The summed E-state index contributed by atoms with van der Waals surface area (Å²) in [7, 11) is 0. The molecule has 2 saturated heterocycles. The summed E-state index contributed by atoms with van der Waals surface area (Å²) in [5.74, 6) is -1.25. The summed E-state index contributed by atoms with van der Waals surface area (Å²) in [5.41, 5.74) is 4.54. The number of piperazine rings is 1. The number of aryl methyl sites for hydroxylation is 2. The molecule has 0 atom stereocenters. The van der Waals surface area contributed by atoms with Crippen molar-refractivity contribution in [2.75, 3.05) is 44.2 Å². The molecule has 1 amide bonds. The zero-order valence-corrected chi connectivity index (χ0v) is 24.3. The quantitative estimate of drug-likeness (QED) is 0.268. The molecule has 3 N–H and O–H groups in total. The Labute approximate surface area is 247 Å². The number of aromatic nitrogens is 1. The van der Waals surface area contributed by atoms with Crippen molar-refractivity contribution < 1.29 is 24.9 Å². The number of carbonyl (C=O) groups is 2. The maximum atomic E-state index is 13.2. The van der Waals surface area contributed by atoms with Gasteiger partial charge in [0.15, 0.2) is 0 Å². The highest BCUT2D eigenvalue weighted by Gasteiger charge is 2.32. The number of aromatic hydroxyl groups is 2. The highest BCUT2D eigenvalue weighted by Crippen LogP contribution is 2.33. The number of rotatable bonds is 7. The van der Waals surface area contributed by atoms with Gasteiger partial charge in [-0.1, -0.05) is 30.0 Å². The van der Waals surface area contributed by atoms with Gasteiger partial charge in [0, 0.05) is 56.6 Å². The number of thioether (sulfide) groups is 1. The highest BCUT2D eigenvalue weighted by molar-refractivity contribution is 8.26. The van der Waals surface area contributed by atoms with Gasteiger partial charge in [0.1, 0.15) is 21.4 Å². The lowest BCUT2D eigenvalue weighted by molar-refractivity contribution is -0.122. The zero-order valence-electron chi connectivity index (χ0n) is 22.7. The molecule has 0 saturated carbocycles. The largest absolute Gasteiger partial charge is 0.507 e. The lowest BCUT2D eigenvalue weighted by Gasteiger charge is -2.36. The van der Waals surface area contributed by atoms with Crippen LogP contribution < -0.4 is 4.90 Å². The molecule has 0 spiro atoms. The Morgan fingerprint density at radius 2 is 1.73 bits per heavy atom. The molecule has 2 aliphatic heterocycles. The third kappa shape index (κ3) is 6.22. The molecular weight excluding hydrogens is 560 g/mol. The average molecular weight is 591 g/mol. The third-order valence-corrected chi connectivity index (χ3v) is 8.68. The fourth-order valence-corrected chi connectivity index (χ4v) is 6.29. The molecule has 3 aromatic rings. The van der Waals surface area contributed by atoms with Gasteiger partial charge >= 0.3 is 5.97 Å². The fraction of sp³-hybridized carbons (Fsp3) is 0.267. The van der Waals surface area contributed by atoms with Gasteiger partial charge in [0.2, 0.25) is 0 Å². The Bertz CT molecular complexity index is 1540. The average Bonchev–Trinajstić information content (AvgIpc) is 3.21. The predicted molar refractivity (Wildman–Crippen MR) is 164 cm³/mol. The van der Waals surface area contributed by atoms with Crippen molar-refractivity contribution in [3.8, 4) is 22.8 Å². The molecule has 0 unspecified atom stereocenters. The number of aromatic carboxylic acids is 1. The summed E-state index contributed by atoms with van der Waals surface area (Å²) in [6.45, 7) is 7.82. The Morgan fingerprint density at radius 1 is 1.02 bits per heavy atom. The number of benzene rings is 2. The van der Waals surface area contributed by atoms with Crippen LogP contribution in [0.2, 0.25) is 0 Å². The first-order chi connectivity index (χ1) is 19.6. The van der Waals surface area contributed by atoms with E-state index in [9.17, 15) is 19.8 Å². The van der Waals surface area contributed by atoms with Gasteiger partial charge in [-0.2, -0.15) is 0 Å². The molecule has 2 fully saturated rings. The number of anilines is 1. The van der Waals surface area contributed by atoms with Crippen molar-refractivity contribution in [1.29, 1.82) is 0 Å². The monoisotopic (exact) mass is 590 g/mol. The Morgan fingerprint density at radius 3 is 2.39 bits per heavy atom. The van der Waals surface area contributed by atoms with E-state index in [1.165, 1.54) is 23.9 Å². The topological polar surface area (TPSA) is 117 Å². The molecule has 2 aliphatic rings. The lowest BCUT2D eigenvalue weighted by atomic mass is 10.0. The van der Waals surface area contributed by atoms with Gasteiger partial charge in [-0.25, -0.2) is 9.78 Å². The highest BCUT2D eigenvalue weighted by atomic mass is 32.2. The third-order valence-electron chi connectivity index (χ3n) is 7.30. The molecule has 41 heavy (non-hydrogen) atoms. The number of phenolic OH excluding ortho intramolecular Hbond substituents is 1. The molecule has 0 bridgehead atoms. The number of hydrogen-bond donors (Lipinski definition) is 3. The molecule has 5 rings (SSSR count). The van der Waals surface area contributed by atoms with E-state index in [0.717, 1.165) is 41.2 Å². The van der Waals surface area contributed by atoms with Crippen LogP contribution in [0.4, 0.5) is 5.69 Å². The second-order valence-corrected chi connectivity index (χ2v) is 11.8. The second kappa shape index (κ2) is 11.9. The molecule has 0 radical (unpaired) electrons. The SMILES string of the molecule is Cc1cc(-c2cccc(C=C3SC(=S)N(CCN4CCN(c5ccc(C(=O)O)c(O)c5)CC4)C3=O)n2)cc(C)c1O. The van der Waals surface area contributed by atoms with Gasteiger partial charge in [0.25, 0.3) is 5.91 Å². The minimum atomic E-state index is -1.16. The Kier molecular flexibility index (Phi) is 8.30. The minimum Gasteiger partial charge on any atom is -0.507 e. The van der Waals surface area contributed by atoms with E-state index in [0.29, 0.717) is 41.1 Å². The first kappa shape index (κ1) is 28.6. The maximum Gasteiger partial charge on any atom is 0.339 e. The second-order valence-electron chi connectivity index (χ2n) is 10.1. The number of carbonyl (C=O) groups excluding carboxylic acids is 1. The first-order valence-corrected chi connectivity index (χ1v) is 14.4. The summed E-state index contributed by atoms with van der Waals surface area (Å²) in [6.07, 6.45) is 1.77. The van der Waals surface area contributed by atoms with Crippen molar-refractivity contribution in [2.24, 2.45) is 0 Å². The standard InChI is InChI=1S/C30H30N4O5S2/c1-18-14-20(15-19(2)27(18)36)24-5-3-4-21(31-24)16-26-28(37)34(30(40)41-26)13-10-32-8-11-33(12-9-32)22-6-7-23(29(38)39)25(35)17-22/h3-7,14-17,35-36H,8-13H2,1-2H3,(H,38,39). The normalized spacial score (nSPS) is 17.1. The number of carboxylic acid groups (broad SMARTS) is 1. The van der Waals surface area contributed by atoms with Crippen LogP contribution in [0.1, 0.15) is 27.2 Å². The summed E-state index contributed by atoms with van der Waals surface area (Å²) in [6, 6.07) is 14.1. The van der Waals surface area contributed by atoms with E-state index >= 15 is 0 Å². The fourth-order valence-electron chi connectivity index (χ4n) is 4.99. The van der Waals surface area contributed by atoms with Crippen LogP contribution in [0.5, 0.6) is 11.5 Å². The van der Waals surface area contributed by atoms with E-state index in [4.69, 9.17) is 22.3 Å². The minimum absolute atomic E-state index is 0.115. The molecule has 9 nitrogen and oxygen atoms in total. The predicted octanol–water partition coefficient (Wildman–Crippen LogP) is 4.50. The van der Waals surface area contributed by atoms with E-state index in [1.807, 2.05) is 44.2 Å². The van der Waals surface area contributed by atoms with Crippen LogP contribution in [-0.2, 0) is 4.79 Å². The summed E-state index contributed by atoms with van der Waals surface area (Å²) in [4.78, 5) is 35.6. The summed E-state index contributed by atoms with van der Waals surface area (Å²) in [5, 5.41) is 29.2. The van der Waals surface area contributed by atoms with E-state index in [-0.39, 0.29) is 23.0 Å². The number of nitrogens with zero attached hydrogens (tertiary/aromatic N) is 4. The zero-order chi connectivity index (χ0) is 29.3. The molecule has 11 heteroatoms. The number of amides is 1. The maximum absolute atomic E-state index is 13.2. The number of phenols is 2. The molecule has 3 heterocycles. The number of carboxylic acids is 1. The van der Waals surface area contributed by atoms with E-state index in [2.05, 4.69) is 9.80 Å². The molecule has 0 aliphatic carbocycles. The molecule has 2 aromatic carbocycles. The molecular formula is C30H30N4O5S2. The number of hydrogen-bond acceptors (Lipinski definition) is 9. The van der Waals surface area contributed by atoms with Crippen LogP contribution in [-0.4, -0.2) is 85.6 Å². The van der Waals surface area contributed by atoms with Crippen molar-refractivity contribution in [1.82, 2.24) is 14.8 Å². The van der Waals surface area contributed by atoms with Crippen LogP contribution in [0.25, 0.3) is 17.3 Å². The smallest absolute Gasteiger partial charge is 0.339 e. The molecule has 1 aromatic heterocycles. The number of pyridine rings is 1. The first-order valence-electron chi connectivity index (χ1n) is 13.2. The van der Waals surface area contributed by atoms with Crippen molar-refractivity contribution in [2.45, 2.75) is 13.8 Å².